The summed E-state index contributed by atoms with van der Waals surface area (Å²) >= 11 is 12.5. The molecule has 0 amide bonds. The van der Waals surface area contributed by atoms with E-state index in [4.69, 9.17) is 23.2 Å². The molecule has 1 aromatic heterocycles. The fourth-order valence-corrected chi connectivity index (χ4v) is 3.47. The monoisotopic (exact) mass is 409 g/mol. The van der Waals surface area contributed by atoms with Crippen molar-refractivity contribution in [3.05, 3.63) is 50.4 Å². The Labute approximate surface area is 169 Å². The Morgan fingerprint density at radius 3 is 2.59 bits per heavy atom. The molecule has 146 valence electrons. The molecule has 1 aliphatic rings. The molecule has 0 spiro atoms. The largest absolute Gasteiger partial charge is 0.381 e. The first-order chi connectivity index (χ1) is 12.9. The van der Waals surface area contributed by atoms with Crippen LogP contribution < -0.4 is 10.9 Å². The van der Waals surface area contributed by atoms with Crippen LogP contribution in [0.5, 0.6) is 0 Å². The van der Waals surface area contributed by atoms with E-state index >= 15 is 0 Å². The first kappa shape index (κ1) is 20.1. The number of hydrogen-bond acceptors (Lipinski definition) is 5. The number of piperazine rings is 1. The lowest BCUT2D eigenvalue weighted by Gasteiger charge is -2.36. The molecular formula is C19H25Cl2N5O. The van der Waals surface area contributed by atoms with E-state index in [-0.39, 0.29) is 10.6 Å². The predicted molar refractivity (Wildman–Crippen MR) is 112 cm³/mol. The van der Waals surface area contributed by atoms with Crippen LogP contribution in [-0.4, -0.2) is 65.4 Å². The van der Waals surface area contributed by atoms with E-state index in [2.05, 4.69) is 34.2 Å². The Morgan fingerprint density at radius 2 is 1.93 bits per heavy atom. The van der Waals surface area contributed by atoms with E-state index in [0.717, 1.165) is 31.7 Å². The Hall–Kier alpha value is -1.60. The smallest absolute Gasteiger partial charge is 0.292 e. The third kappa shape index (κ3) is 4.63. The molecule has 2 heterocycles. The zero-order valence-electron chi connectivity index (χ0n) is 15.9. The van der Waals surface area contributed by atoms with Crippen LogP contribution in [0.3, 0.4) is 0 Å². The molecule has 0 bridgehead atoms. The molecule has 6 nitrogen and oxygen atoms in total. The molecule has 1 saturated heterocycles. The summed E-state index contributed by atoms with van der Waals surface area (Å²) in [6, 6.07) is 5.70. The number of anilines is 1. The van der Waals surface area contributed by atoms with E-state index in [0.29, 0.717) is 29.0 Å². The topological polar surface area (TPSA) is 53.4 Å². The van der Waals surface area contributed by atoms with Crippen LogP contribution in [0.2, 0.25) is 10.0 Å². The van der Waals surface area contributed by atoms with Crippen molar-refractivity contribution in [1.29, 1.82) is 0 Å². The molecule has 1 aliphatic heterocycles. The molecule has 1 atom stereocenters. The molecule has 0 aliphatic carbocycles. The van der Waals surface area contributed by atoms with Crippen LogP contribution in [0, 0.1) is 6.92 Å². The fourth-order valence-electron chi connectivity index (χ4n) is 3.10. The van der Waals surface area contributed by atoms with Crippen molar-refractivity contribution in [2.24, 2.45) is 0 Å². The van der Waals surface area contributed by atoms with Crippen molar-refractivity contribution < 1.29 is 0 Å². The van der Waals surface area contributed by atoms with Gasteiger partial charge in [0.15, 0.2) is 0 Å². The van der Waals surface area contributed by atoms with Gasteiger partial charge >= 0.3 is 0 Å². The minimum Gasteiger partial charge on any atom is -0.381 e. The SMILES string of the molecule is Cc1ccc(-n2ncc(NCC(C)N3CCN(C)CC3)c(Cl)c2=O)cc1Cl. The summed E-state index contributed by atoms with van der Waals surface area (Å²) in [5.41, 5.74) is 1.72. The predicted octanol–water partition coefficient (Wildman–Crippen LogP) is 2.90. The summed E-state index contributed by atoms with van der Waals surface area (Å²) in [4.78, 5) is 17.4. The summed E-state index contributed by atoms with van der Waals surface area (Å²) in [6.07, 6.45) is 1.59. The van der Waals surface area contributed by atoms with Crippen molar-refractivity contribution in [3.63, 3.8) is 0 Å². The highest BCUT2D eigenvalue weighted by Gasteiger charge is 2.19. The number of nitrogens with zero attached hydrogens (tertiary/aromatic N) is 4. The van der Waals surface area contributed by atoms with Gasteiger partial charge in [0, 0.05) is 43.8 Å². The normalized spacial score (nSPS) is 17.1. The Bertz CT molecular complexity index is 862. The standard InChI is InChI=1S/C19H25Cl2N5O/c1-13-4-5-15(10-16(13)20)26-19(27)18(21)17(12-23-26)22-11-14(2)25-8-6-24(3)7-9-25/h4-5,10,12,14,22H,6-9,11H2,1-3H3. The minimum absolute atomic E-state index is 0.132. The van der Waals surface area contributed by atoms with Gasteiger partial charge in [-0.3, -0.25) is 9.69 Å². The quantitative estimate of drug-likeness (QED) is 0.822. The van der Waals surface area contributed by atoms with Crippen LogP contribution in [-0.2, 0) is 0 Å². The first-order valence-electron chi connectivity index (χ1n) is 9.07. The third-order valence-electron chi connectivity index (χ3n) is 5.07. The second-order valence-electron chi connectivity index (χ2n) is 7.09. The zero-order chi connectivity index (χ0) is 19.6. The summed E-state index contributed by atoms with van der Waals surface area (Å²) in [5.74, 6) is 0. The van der Waals surface area contributed by atoms with Crippen LogP contribution >= 0.6 is 23.2 Å². The molecule has 0 radical (unpaired) electrons. The highest BCUT2D eigenvalue weighted by molar-refractivity contribution is 6.33. The second kappa shape index (κ2) is 8.61. The number of likely N-dealkylation sites (N-methyl/N-ethyl adjacent to an activating group) is 1. The van der Waals surface area contributed by atoms with Crippen molar-refractivity contribution in [1.82, 2.24) is 19.6 Å². The maximum Gasteiger partial charge on any atom is 0.292 e. The van der Waals surface area contributed by atoms with Gasteiger partial charge in [0.05, 0.1) is 17.6 Å². The van der Waals surface area contributed by atoms with Crippen molar-refractivity contribution in [3.8, 4) is 5.69 Å². The van der Waals surface area contributed by atoms with Crippen LogP contribution in [0.15, 0.2) is 29.2 Å². The van der Waals surface area contributed by atoms with Crippen molar-refractivity contribution >= 4 is 28.9 Å². The number of nitrogens with one attached hydrogen (secondary N) is 1. The van der Waals surface area contributed by atoms with Gasteiger partial charge in [0.1, 0.15) is 5.02 Å². The van der Waals surface area contributed by atoms with Gasteiger partial charge in [0.25, 0.3) is 5.56 Å². The Kier molecular flexibility index (Phi) is 6.42. The number of hydrogen-bond donors (Lipinski definition) is 1. The average Bonchev–Trinajstić information content (AvgIpc) is 2.65. The van der Waals surface area contributed by atoms with E-state index in [1.54, 1.807) is 18.3 Å². The lowest BCUT2D eigenvalue weighted by atomic mass is 10.2. The molecule has 27 heavy (non-hydrogen) atoms. The summed E-state index contributed by atoms with van der Waals surface area (Å²) in [5, 5.41) is 8.25. The molecule has 1 fully saturated rings. The molecule has 2 aromatic rings. The number of aryl methyl sites for hydroxylation is 1. The third-order valence-corrected chi connectivity index (χ3v) is 5.84. The number of rotatable bonds is 5. The molecular weight excluding hydrogens is 385 g/mol. The van der Waals surface area contributed by atoms with E-state index in [1.807, 2.05) is 13.0 Å². The lowest BCUT2D eigenvalue weighted by Crippen LogP contribution is -2.49. The molecule has 0 saturated carbocycles. The highest BCUT2D eigenvalue weighted by Crippen LogP contribution is 2.20. The van der Waals surface area contributed by atoms with Crippen LogP contribution in [0.1, 0.15) is 12.5 Å². The molecule has 8 heteroatoms. The van der Waals surface area contributed by atoms with Gasteiger partial charge in [-0.1, -0.05) is 29.3 Å². The van der Waals surface area contributed by atoms with E-state index < -0.39 is 0 Å². The van der Waals surface area contributed by atoms with Gasteiger partial charge in [-0.25, -0.2) is 0 Å². The molecule has 1 unspecified atom stereocenters. The van der Waals surface area contributed by atoms with Crippen LogP contribution in [0.25, 0.3) is 5.69 Å². The molecule has 3 rings (SSSR count). The van der Waals surface area contributed by atoms with Gasteiger partial charge in [0.2, 0.25) is 0 Å². The van der Waals surface area contributed by atoms with Crippen LogP contribution in [0.4, 0.5) is 5.69 Å². The highest BCUT2D eigenvalue weighted by atomic mass is 35.5. The second-order valence-corrected chi connectivity index (χ2v) is 7.88. The lowest BCUT2D eigenvalue weighted by molar-refractivity contribution is 0.123. The number of aromatic nitrogens is 2. The fraction of sp³-hybridized carbons (Fsp3) is 0.474. The van der Waals surface area contributed by atoms with Crippen molar-refractivity contribution in [2.75, 3.05) is 45.1 Å². The maximum absolute atomic E-state index is 12.6. The van der Waals surface area contributed by atoms with E-state index in [1.165, 1.54) is 4.68 Å². The Balaban J connectivity index is 1.71. The van der Waals surface area contributed by atoms with Gasteiger partial charge in [-0.15, -0.1) is 0 Å². The summed E-state index contributed by atoms with van der Waals surface area (Å²) in [6.45, 7) is 9.01. The average molecular weight is 410 g/mol. The minimum atomic E-state index is -0.367. The van der Waals surface area contributed by atoms with Gasteiger partial charge in [-0.05, 0) is 38.6 Å². The van der Waals surface area contributed by atoms with Crippen molar-refractivity contribution in [2.45, 2.75) is 19.9 Å². The number of benzene rings is 1. The number of halogens is 2. The Morgan fingerprint density at radius 1 is 1.22 bits per heavy atom. The molecule has 1 N–H and O–H groups in total. The summed E-state index contributed by atoms with van der Waals surface area (Å²) < 4.78 is 1.27. The van der Waals surface area contributed by atoms with E-state index in [9.17, 15) is 4.79 Å². The summed E-state index contributed by atoms with van der Waals surface area (Å²) in [7, 11) is 2.14. The van der Waals surface area contributed by atoms with Gasteiger partial charge < -0.3 is 10.2 Å². The maximum atomic E-state index is 12.6. The zero-order valence-corrected chi connectivity index (χ0v) is 17.4. The molecule has 1 aromatic carbocycles. The van der Waals surface area contributed by atoms with Gasteiger partial charge in [-0.2, -0.15) is 9.78 Å². The first-order valence-corrected chi connectivity index (χ1v) is 9.83.